The van der Waals surface area contributed by atoms with Crippen molar-refractivity contribution in [1.29, 1.82) is 0 Å². The average Bonchev–Trinajstić information content (AvgIpc) is 3.45. The largest absolute Gasteiger partial charge is 0.304 e. The van der Waals surface area contributed by atoms with Gasteiger partial charge in [0, 0.05) is 12.8 Å². The van der Waals surface area contributed by atoms with Gasteiger partial charge in [0.2, 0.25) is 11.8 Å². The van der Waals surface area contributed by atoms with E-state index in [4.69, 9.17) is 12.8 Å². The predicted octanol–water partition coefficient (Wildman–Crippen LogP) is 6.28. The van der Waals surface area contributed by atoms with Crippen LogP contribution in [0.3, 0.4) is 0 Å². The molecule has 0 saturated carbocycles. The lowest BCUT2D eigenvalue weighted by Crippen LogP contribution is -2.16. The molecule has 0 bridgehead atoms. The van der Waals surface area contributed by atoms with Crippen LogP contribution in [-0.4, -0.2) is 20.9 Å². The Labute approximate surface area is 243 Å². The summed E-state index contributed by atoms with van der Waals surface area (Å²) >= 11 is 3.00. The van der Waals surface area contributed by atoms with E-state index in [1.165, 1.54) is 22.7 Å². The fraction of sp³-hybridized carbons (Fsp3) is 0.375. The molecule has 2 heterocycles. The quantitative estimate of drug-likeness (QED) is 0.157. The van der Waals surface area contributed by atoms with E-state index in [0.717, 1.165) is 70.1 Å². The maximum absolute atomic E-state index is 12.5. The summed E-state index contributed by atoms with van der Waals surface area (Å²) < 4.78 is 6.08. The number of benzene rings is 2. The molecule has 40 heavy (non-hydrogen) atoms. The number of aromatic nitrogens is 2. The number of terminal acetylenes is 2. The number of thiazole rings is 2. The first-order valence-electron chi connectivity index (χ1n) is 13.6. The van der Waals surface area contributed by atoms with Crippen molar-refractivity contribution in [2.75, 3.05) is 0 Å². The molecule has 0 fully saturated rings. The first kappa shape index (κ1) is 29.3. The number of carbonyl (C=O) groups excluding carboxylic acids is 2. The van der Waals surface area contributed by atoms with E-state index in [1.807, 2.05) is 59.4 Å². The molecule has 4 aromatic rings. The Bertz CT molecular complexity index is 1620. The Balaban J connectivity index is 1.21. The molecule has 2 amide bonds. The Morgan fingerprint density at radius 1 is 0.700 bits per heavy atom. The molecule has 0 atom stereocenters. The second kappa shape index (κ2) is 14.1. The lowest BCUT2D eigenvalue weighted by atomic mass is 10.1. The molecular formula is C32H34N4O2S2. The monoisotopic (exact) mass is 570 g/mol. The number of unbranched alkanes of at least 4 members (excludes halogenated alkanes) is 5. The number of amides is 2. The van der Waals surface area contributed by atoms with Gasteiger partial charge in [0.1, 0.15) is 0 Å². The van der Waals surface area contributed by atoms with E-state index in [9.17, 15) is 9.59 Å². The minimum Gasteiger partial charge on any atom is -0.304 e. The third kappa shape index (κ3) is 7.07. The summed E-state index contributed by atoms with van der Waals surface area (Å²) in [6, 6.07) is 12.2. The van der Waals surface area contributed by atoms with Crippen LogP contribution in [0, 0.1) is 38.5 Å². The summed E-state index contributed by atoms with van der Waals surface area (Å²) in [6.45, 7) is 4.86. The molecule has 0 unspecified atom stereocenters. The summed E-state index contributed by atoms with van der Waals surface area (Å²) in [4.78, 5) is 35.2. The van der Waals surface area contributed by atoms with E-state index < -0.39 is 0 Å². The van der Waals surface area contributed by atoms with Crippen molar-refractivity contribution in [3.8, 4) is 24.7 Å². The van der Waals surface area contributed by atoms with Crippen LogP contribution < -0.4 is 9.60 Å². The minimum atomic E-state index is -0.110. The van der Waals surface area contributed by atoms with E-state index in [1.54, 1.807) is 0 Å². The number of para-hydroxylation sites is 2. The van der Waals surface area contributed by atoms with Crippen LogP contribution in [0.15, 0.2) is 46.4 Å². The summed E-state index contributed by atoms with van der Waals surface area (Å²) in [5, 5.41) is 0. The standard InChI is InChI=1S/C32H34N4O2S2/c1-5-21-35-29-23(3)15-13-17-25(29)39-31(35)33-27(37)19-11-9-7-8-10-12-20-28(38)34-32-36(22-6-2)30-24(4)16-14-18-26(30)40-32/h1-2,13-18H,7-12,19-22H2,3-4H3. The fourth-order valence-electron chi connectivity index (χ4n) is 4.85. The van der Waals surface area contributed by atoms with Crippen molar-refractivity contribution in [2.24, 2.45) is 9.98 Å². The summed E-state index contributed by atoms with van der Waals surface area (Å²) in [7, 11) is 0. The first-order chi connectivity index (χ1) is 19.4. The molecule has 206 valence electrons. The van der Waals surface area contributed by atoms with Gasteiger partial charge in [-0.2, -0.15) is 9.98 Å². The molecule has 2 aromatic carbocycles. The van der Waals surface area contributed by atoms with Gasteiger partial charge in [0.05, 0.1) is 33.5 Å². The highest BCUT2D eigenvalue weighted by Crippen LogP contribution is 2.22. The molecule has 2 aromatic heterocycles. The summed E-state index contributed by atoms with van der Waals surface area (Å²) in [5.41, 5.74) is 4.34. The second-order valence-corrected chi connectivity index (χ2v) is 11.8. The number of nitrogens with zero attached hydrogens (tertiary/aromatic N) is 4. The number of hydrogen-bond acceptors (Lipinski definition) is 4. The smallest absolute Gasteiger partial charge is 0.248 e. The molecule has 0 aliphatic rings. The van der Waals surface area contributed by atoms with Gasteiger partial charge in [-0.15, -0.1) is 12.8 Å². The molecule has 0 N–H and O–H groups in total. The van der Waals surface area contributed by atoms with Crippen LogP contribution >= 0.6 is 22.7 Å². The Morgan fingerprint density at radius 2 is 1.10 bits per heavy atom. The molecule has 0 aliphatic heterocycles. The molecule has 0 aliphatic carbocycles. The number of carbonyl (C=O) groups is 2. The maximum Gasteiger partial charge on any atom is 0.248 e. The highest BCUT2D eigenvalue weighted by Gasteiger charge is 2.11. The van der Waals surface area contributed by atoms with Crippen molar-refractivity contribution >= 4 is 54.9 Å². The van der Waals surface area contributed by atoms with Crippen molar-refractivity contribution in [2.45, 2.75) is 78.3 Å². The zero-order valence-electron chi connectivity index (χ0n) is 23.1. The maximum atomic E-state index is 12.5. The van der Waals surface area contributed by atoms with E-state index in [2.05, 4.69) is 21.8 Å². The first-order valence-corrected chi connectivity index (χ1v) is 15.3. The number of fused-ring (bicyclic) bond motifs is 2. The number of aryl methyl sites for hydroxylation is 2. The van der Waals surface area contributed by atoms with E-state index >= 15 is 0 Å². The molecule has 0 radical (unpaired) electrons. The van der Waals surface area contributed by atoms with Crippen LogP contribution in [0.4, 0.5) is 0 Å². The molecule has 0 saturated heterocycles. The highest BCUT2D eigenvalue weighted by molar-refractivity contribution is 7.16. The van der Waals surface area contributed by atoms with Gasteiger partial charge < -0.3 is 9.13 Å². The van der Waals surface area contributed by atoms with E-state index in [0.29, 0.717) is 35.5 Å². The van der Waals surface area contributed by atoms with Crippen molar-refractivity contribution in [3.05, 3.63) is 57.1 Å². The lowest BCUT2D eigenvalue weighted by Gasteiger charge is -2.03. The lowest BCUT2D eigenvalue weighted by molar-refractivity contribution is -0.119. The summed E-state index contributed by atoms with van der Waals surface area (Å²) in [6.07, 6.45) is 17.6. The second-order valence-electron chi connectivity index (χ2n) is 9.83. The molecule has 6 nitrogen and oxygen atoms in total. The van der Waals surface area contributed by atoms with Crippen LogP contribution in [0.25, 0.3) is 20.4 Å². The summed E-state index contributed by atoms with van der Waals surface area (Å²) in [5.74, 6) is 5.13. The van der Waals surface area contributed by atoms with Gasteiger partial charge in [-0.25, -0.2) is 0 Å². The Morgan fingerprint density at radius 3 is 1.50 bits per heavy atom. The normalized spacial score (nSPS) is 12.2. The SMILES string of the molecule is C#CCn1c(=NC(=O)CCCCCCCCC(=O)N=c2sc3cccc(C)c3n2CC#C)sc2cccc(C)c21. The van der Waals surface area contributed by atoms with E-state index in [-0.39, 0.29) is 11.8 Å². The Kier molecular flexibility index (Phi) is 10.3. The van der Waals surface area contributed by atoms with Gasteiger partial charge in [-0.05, 0) is 49.9 Å². The molecule has 8 heteroatoms. The predicted molar refractivity (Wildman–Crippen MR) is 165 cm³/mol. The zero-order chi connectivity index (χ0) is 28.5. The average molecular weight is 571 g/mol. The van der Waals surface area contributed by atoms with Crippen LogP contribution in [0.5, 0.6) is 0 Å². The topological polar surface area (TPSA) is 68.7 Å². The van der Waals surface area contributed by atoms with Crippen LogP contribution in [0.1, 0.15) is 62.5 Å². The van der Waals surface area contributed by atoms with Crippen molar-refractivity contribution < 1.29 is 9.59 Å². The number of rotatable bonds is 11. The van der Waals surface area contributed by atoms with Gasteiger partial charge in [0.25, 0.3) is 0 Å². The Hall–Kier alpha value is -3.72. The fourth-order valence-corrected chi connectivity index (χ4v) is 7.10. The van der Waals surface area contributed by atoms with Crippen molar-refractivity contribution in [1.82, 2.24) is 9.13 Å². The van der Waals surface area contributed by atoms with Crippen LogP contribution in [0.2, 0.25) is 0 Å². The zero-order valence-corrected chi connectivity index (χ0v) is 24.7. The van der Waals surface area contributed by atoms with Gasteiger partial charge in [-0.3, -0.25) is 9.59 Å². The molecule has 0 spiro atoms. The van der Waals surface area contributed by atoms with Crippen LogP contribution in [-0.2, 0) is 22.7 Å². The van der Waals surface area contributed by atoms with Gasteiger partial charge in [-0.1, -0.05) is 84.5 Å². The van der Waals surface area contributed by atoms with Crippen molar-refractivity contribution in [3.63, 3.8) is 0 Å². The van der Waals surface area contributed by atoms with Gasteiger partial charge in [0.15, 0.2) is 9.60 Å². The van der Waals surface area contributed by atoms with Gasteiger partial charge >= 0.3 is 0 Å². The molecule has 4 rings (SSSR count). The third-order valence-corrected chi connectivity index (χ3v) is 8.86. The minimum absolute atomic E-state index is 0.110. The third-order valence-electron chi connectivity index (χ3n) is 6.78. The number of hydrogen-bond donors (Lipinski definition) is 0. The molecular weight excluding hydrogens is 537 g/mol. The highest BCUT2D eigenvalue weighted by atomic mass is 32.1.